The van der Waals surface area contributed by atoms with Gasteiger partial charge in [0.1, 0.15) is 5.75 Å². The molecule has 1 saturated heterocycles. The number of aryl methyl sites for hydroxylation is 1. The standard InChI is InChI=1S/C19H19N3O2S2/c1-13-3-6-16(7-4-13)25-11-15-9-14(5-8-17(15)24-2)10-20-22-19-21-18(23)12-26-19/h3-10H,11-12H2,1-2H3,(H,21,22,23). The van der Waals surface area contributed by atoms with Crippen LogP contribution in [0.15, 0.2) is 57.6 Å². The van der Waals surface area contributed by atoms with E-state index in [2.05, 4.69) is 46.7 Å². The van der Waals surface area contributed by atoms with Crippen LogP contribution in [0, 0.1) is 6.92 Å². The molecule has 3 rings (SSSR count). The van der Waals surface area contributed by atoms with Crippen molar-refractivity contribution in [3.63, 3.8) is 0 Å². The van der Waals surface area contributed by atoms with Crippen molar-refractivity contribution in [2.24, 2.45) is 10.2 Å². The molecule has 0 unspecified atom stereocenters. The number of nitrogens with one attached hydrogen (secondary N) is 1. The number of amidine groups is 1. The van der Waals surface area contributed by atoms with Crippen molar-refractivity contribution in [3.05, 3.63) is 59.2 Å². The molecule has 2 aromatic carbocycles. The van der Waals surface area contributed by atoms with Crippen LogP contribution < -0.4 is 10.1 Å². The molecule has 1 amide bonds. The van der Waals surface area contributed by atoms with E-state index in [4.69, 9.17) is 4.74 Å². The highest BCUT2D eigenvalue weighted by Crippen LogP contribution is 2.28. The lowest BCUT2D eigenvalue weighted by atomic mass is 10.1. The molecule has 0 bridgehead atoms. The average molecular weight is 386 g/mol. The van der Waals surface area contributed by atoms with Crippen LogP contribution in [0.5, 0.6) is 5.75 Å². The van der Waals surface area contributed by atoms with Crippen molar-refractivity contribution >= 4 is 40.8 Å². The van der Waals surface area contributed by atoms with Crippen molar-refractivity contribution < 1.29 is 9.53 Å². The van der Waals surface area contributed by atoms with E-state index in [9.17, 15) is 4.79 Å². The summed E-state index contributed by atoms with van der Waals surface area (Å²) >= 11 is 3.12. The molecular weight excluding hydrogens is 366 g/mol. The molecule has 1 N–H and O–H groups in total. The third-order valence-electron chi connectivity index (χ3n) is 3.66. The molecule has 0 saturated carbocycles. The summed E-state index contributed by atoms with van der Waals surface area (Å²) in [6, 6.07) is 14.4. The topological polar surface area (TPSA) is 63.1 Å². The van der Waals surface area contributed by atoms with E-state index >= 15 is 0 Å². The minimum absolute atomic E-state index is 0.0381. The maximum Gasteiger partial charge on any atom is 0.236 e. The summed E-state index contributed by atoms with van der Waals surface area (Å²) in [5.74, 6) is 2.02. The Labute approximate surface area is 161 Å². The number of rotatable bonds is 6. The van der Waals surface area contributed by atoms with Gasteiger partial charge in [-0.2, -0.15) is 5.10 Å². The highest BCUT2D eigenvalue weighted by atomic mass is 32.2. The first-order valence-corrected chi connectivity index (χ1v) is 10.0. The van der Waals surface area contributed by atoms with Gasteiger partial charge in [0.25, 0.3) is 0 Å². The Hall–Kier alpha value is -2.25. The van der Waals surface area contributed by atoms with Gasteiger partial charge in [-0.1, -0.05) is 29.5 Å². The number of hydrogen-bond acceptors (Lipinski definition) is 6. The highest BCUT2D eigenvalue weighted by Gasteiger charge is 2.15. The molecule has 134 valence electrons. The Bertz CT molecular complexity index is 848. The van der Waals surface area contributed by atoms with Gasteiger partial charge in [-0.15, -0.1) is 16.9 Å². The Morgan fingerprint density at radius 2 is 2.08 bits per heavy atom. The van der Waals surface area contributed by atoms with E-state index in [1.165, 1.54) is 22.2 Å². The Balaban J connectivity index is 1.69. The number of amides is 1. The average Bonchev–Trinajstić information content (AvgIpc) is 3.06. The first kappa shape index (κ1) is 18.5. The van der Waals surface area contributed by atoms with E-state index in [0.29, 0.717) is 10.9 Å². The third-order valence-corrected chi connectivity index (χ3v) is 5.59. The van der Waals surface area contributed by atoms with Gasteiger partial charge >= 0.3 is 0 Å². The number of methoxy groups -OCH3 is 1. The molecule has 1 aliphatic heterocycles. The zero-order valence-electron chi connectivity index (χ0n) is 14.6. The monoisotopic (exact) mass is 385 g/mol. The van der Waals surface area contributed by atoms with Gasteiger partial charge < -0.3 is 10.1 Å². The lowest BCUT2D eigenvalue weighted by Gasteiger charge is -2.09. The fraction of sp³-hybridized carbons (Fsp3) is 0.211. The van der Waals surface area contributed by atoms with Crippen molar-refractivity contribution in [2.45, 2.75) is 17.6 Å². The SMILES string of the molecule is COc1ccc(C=NN=C2NC(=O)CS2)cc1CSc1ccc(C)cc1. The van der Waals surface area contributed by atoms with E-state index in [1.54, 1.807) is 25.1 Å². The normalized spacial score (nSPS) is 15.6. The zero-order valence-corrected chi connectivity index (χ0v) is 16.2. The fourth-order valence-electron chi connectivity index (χ4n) is 2.31. The van der Waals surface area contributed by atoms with Crippen molar-refractivity contribution in [2.75, 3.05) is 12.9 Å². The van der Waals surface area contributed by atoms with E-state index < -0.39 is 0 Å². The summed E-state index contributed by atoms with van der Waals surface area (Å²) in [7, 11) is 1.68. The largest absolute Gasteiger partial charge is 0.496 e. The number of thioether (sulfide) groups is 2. The number of carbonyl (C=O) groups excluding carboxylic acids is 1. The Morgan fingerprint density at radius 3 is 2.77 bits per heavy atom. The summed E-state index contributed by atoms with van der Waals surface area (Å²) in [6.07, 6.45) is 1.68. The maximum atomic E-state index is 11.1. The molecule has 1 aliphatic rings. The van der Waals surface area contributed by atoms with Crippen LogP contribution in [-0.4, -0.2) is 30.2 Å². The third kappa shape index (κ3) is 5.12. The molecule has 0 aromatic heterocycles. The number of hydrogen-bond donors (Lipinski definition) is 1. The van der Waals surface area contributed by atoms with E-state index in [1.807, 2.05) is 18.2 Å². The predicted octanol–water partition coefficient (Wildman–Crippen LogP) is 3.85. The molecule has 0 spiro atoms. The van der Waals surface area contributed by atoms with Crippen molar-refractivity contribution in [3.8, 4) is 5.75 Å². The summed E-state index contributed by atoms with van der Waals surface area (Å²) in [5.41, 5.74) is 3.28. The highest BCUT2D eigenvalue weighted by molar-refractivity contribution is 8.15. The smallest absolute Gasteiger partial charge is 0.236 e. The predicted molar refractivity (Wildman–Crippen MR) is 109 cm³/mol. The second-order valence-electron chi connectivity index (χ2n) is 5.66. The first-order chi connectivity index (χ1) is 12.6. The van der Waals surface area contributed by atoms with E-state index in [0.717, 1.165) is 22.6 Å². The van der Waals surface area contributed by atoms with Gasteiger partial charge in [-0.05, 0) is 42.8 Å². The summed E-state index contributed by atoms with van der Waals surface area (Å²) in [4.78, 5) is 12.3. The second-order valence-corrected chi connectivity index (χ2v) is 7.67. The lowest BCUT2D eigenvalue weighted by Crippen LogP contribution is -2.19. The van der Waals surface area contributed by atoms with Crippen LogP contribution >= 0.6 is 23.5 Å². The molecule has 0 aliphatic carbocycles. The maximum absolute atomic E-state index is 11.1. The van der Waals surface area contributed by atoms with Gasteiger partial charge in [0.15, 0.2) is 5.17 Å². The number of nitrogens with zero attached hydrogens (tertiary/aromatic N) is 2. The zero-order chi connectivity index (χ0) is 18.4. The molecule has 2 aromatic rings. The van der Waals surface area contributed by atoms with Gasteiger partial charge in [0.05, 0.1) is 19.1 Å². The van der Waals surface area contributed by atoms with Gasteiger partial charge in [0.2, 0.25) is 5.91 Å². The second kappa shape index (κ2) is 8.91. The van der Waals surface area contributed by atoms with Gasteiger partial charge in [-0.3, -0.25) is 4.79 Å². The van der Waals surface area contributed by atoms with Crippen LogP contribution in [0.1, 0.15) is 16.7 Å². The van der Waals surface area contributed by atoms with Crippen LogP contribution in [0.3, 0.4) is 0 Å². The summed E-state index contributed by atoms with van der Waals surface area (Å²) < 4.78 is 5.47. The molecule has 7 heteroatoms. The molecule has 0 radical (unpaired) electrons. The van der Waals surface area contributed by atoms with Crippen molar-refractivity contribution in [1.29, 1.82) is 0 Å². The van der Waals surface area contributed by atoms with Crippen LogP contribution in [0.2, 0.25) is 0 Å². The molecule has 1 heterocycles. The Kier molecular flexibility index (Phi) is 6.35. The van der Waals surface area contributed by atoms with Crippen LogP contribution in [0.25, 0.3) is 0 Å². The molecule has 0 atom stereocenters. The van der Waals surface area contributed by atoms with Gasteiger partial charge in [0, 0.05) is 16.2 Å². The fourth-order valence-corrected chi connectivity index (χ4v) is 3.82. The summed E-state index contributed by atoms with van der Waals surface area (Å²) in [6.45, 7) is 2.08. The van der Waals surface area contributed by atoms with E-state index in [-0.39, 0.29) is 5.91 Å². The molecular formula is C19H19N3O2S2. The van der Waals surface area contributed by atoms with Crippen LogP contribution in [0.4, 0.5) is 0 Å². The van der Waals surface area contributed by atoms with Gasteiger partial charge in [-0.25, -0.2) is 0 Å². The van der Waals surface area contributed by atoms with Crippen molar-refractivity contribution in [1.82, 2.24) is 5.32 Å². The Morgan fingerprint density at radius 1 is 1.27 bits per heavy atom. The lowest BCUT2D eigenvalue weighted by molar-refractivity contribution is -0.116. The van der Waals surface area contributed by atoms with Crippen LogP contribution in [-0.2, 0) is 10.5 Å². The summed E-state index contributed by atoms with van der Waals surface area (Å²) in [5, 5.41) is 11.3. The number of ether oxygens (including phenoxy) is 1. The number of carbonyl (C=O) groups is 1. The molecule has 1 fully saturated rings. The minimum atomic E-state index is -0.0381. The molecule has 5 nitrogen and oxygen atoms in total. The first-order valence-electron chi connectivity index (χ1n) is 8.04. The quantitative estimate of drug-likeness (QED) is 0.466. The minimum Gasteiger partial charge on any atom is -0.496 e. The number of benzene rings is 2. The molecule has 26 heavy (non-hydrogen) atoms.